The minimum absolute atomic E-state index is 0.0341. The van der Waals surface area contributed by atoms with E-state index in [2.05, 4.69) is 4.99 Å². The number of non-ortho nitro benzene ring substituents is 1. The van der Waals surface area contributed by atoms with Crippen LogP contribution < -0.4 is 0 Å². The Morgan fingerprint density at radius 2 is 1.91 bits per heavy atom. The van der Waals surface area contributed by atoms with Crippen LogP contribution in [0.1, 0.15) is 28.9 Å². The van der Waals surface area contributed by atoms with Crippen molar-refractivity contribution in [2.24, 2.45) is 4.99 Å². The van der Waals surface area contributed by atoms with Crippen LogP contribution in [0.15, 0.2) is 59.6 Å². The van der Waals surface area contributed by atoms with Crippen LogP contribution in [0.4, 0.5) is 5.69 Å². The second kappa shape index (κ2) is 6.00. The number of ketones is 1. The van der Waals surface area contributed by atoms with Gasteiger partial charge in [0, 0.05) is 24.6 Å². The van der Waals surface area contributed by atoms with Gasteiger partial charge in [0.05, 0.1) is 4.92 Å². The van der Waals surface area contributed by atoms with E-state index >= 15 is 0 Å². The zero-order valence-corrected chi connectivity index (χ0v) is 12.4. The van der Waals surface area contributed by atoms with Gasteiger partial charge in [-0.15, -0.1) is 0 Å². The molecular formula is C17H14N2O4. The molecule has 0 fully saturated rings. The van der Waals surface area contributed by atoms with Crippen molar-refractivity contribution in [3.8, 4) is 0 Å². The third-order valence-electron chi connectivity index (χ3n) is 3.64. The van der Waals surface area contributed by atoms with Gasteiger partial charge in [0.1, 0.15) is 6.04 Å². The highest BCUT2D eigenvalue weighted by atomic mass is 16.6. The summed E-state index contributed by atoms with van der Waals surface area (Å²) < 4.78 is 5.58. The summed E-state index contributed by atoms with van der Waals surface area (Å²) in [5, 5.41) is 10.9. The van der Waals surface area contributed by atoms with E-state index in [1.54, 1.807) is 43.3 Å². The van der Waals surface area contributed by atoms with Crippen LogP contribution in [0, 0.1) is 10.1 Å². The Bertz CT molecular complexity index is 786. The van der Waals surface area contributed by atoms with Gasteiger partial charge in [-0.1, -0.05) is 42.5 Å². The largest absolute Gasteiger partial charge is 0.467 e. The molecule has 0 N–H and O–H groups in total. The van der Waals surface area contributed by atoms with Crippen molar-refractivity contribution >= 4 is 17.4 Å². The topological polar surface area (TPSA) is 81.8 Å². The fraction of sp³-hybridized carbons (Fsp3) is 0.176. The zero-order chi connectivity index (χ0) is 16.4. The number of nitro benzene ring substituents is 1. The Morgan fingerprint density at radius 3 is 2.61 bits per heavy atom. The van der Waals surface area contributed by atoms with E-state index < -0.39 is 17.1 Å². The highest BCUT2D eigenvalue weighted by Gasteiger charge is 2.37. The normalized spacial score (nSPS) is 19.8. The molecule has 1 aliphatic rings. The summed E-state index contributed by atoms with van der Waals surface area (Å²) in [6.07, 6.45) is -0.806. The Hall–Kier alpha value is -3.02. The lowest BCUT2D eigenvalue weighted by molar-refractivity contribution is -0.384. The highest BCUT2D eigenvalue weighted by Crippen LogP contribution is 2.32. The number of benzene rings is 2. The van der Waals surface area contributed by atoms with Gasteiger partial charge in [0.25, 0.3) is 5.69 Å². The number of aliphatic imine (C=N–C) groups is 1. The van der Waals surface area contributed by atoms with E-state index in [0.29, 0.717) is 17.0 Å². The molecule has 1 heterocycles. The summed E-state index contributed by atoms with van der Waals surface area (Å²) in [6.45, 7) is 1.67. The number of Topliss-reactive ketones (excluding diaryl/α,β-unsaturated/α-hetero) is 1. The van der Waals surface area contributed by atoms with E-state index in [-0.39, 0.29) is 11.5 Å². The number of nitrogens with zero attached hydrogens (tertiary/aromatic N) is 2. The molecule has 6 heteroatoms. The van der Waals surface area contributed by atoms with Crippen LogP contribution in [-0.4, -0.2) is 22.7 Å². The van der Waals surface area contributed by atoms with E-state index in [1.165, 1.54) is 12.1 Å². The molecule has 116 valence electrons. The quantitative estimate of drug-likeness (QED) is 0.492. The van der Waals surface area contributed by atoms with Crippen LogP contribution in [0.2, 0.25) is 0 Å². The van der Waals surface area contributed by atoms with Gasteiger partial charge in [-0.2, -0.15) is 0 Å². The first-order valence-corrected chi connectivity index (χ1v) is 7.11. The molecule has 2 atom stereocenters. The maximum absolute atomic E-state index is 12.7. The van der Waals surface area contributed by atoms with Crippen LogP contribution >= 0.6 is 0 Å². The molecule has 0 bridgehead atoms. The standard InChI is InChI=1S/C17H14N2O4/c1-11-18-15(13-8-5-9-14(10-13)19(21)22)17(23-11)16(20)12-6-3-2-4-7-12/h2-10,15,17H,1H3/t15-,17+/m1/s1. The monoisotopic (exact) mass is 310 g/mol. The second-order valence-corrected chi connectivity index (χ2v) is 5.21. The molecule has 3 rings (SSSR count). The molecule has 0 radical (unpaired) electrons. The third-order valence-corrected chi connectivity index (χ3v) is 3.64. The van der Waals surface area contributed by atoms with Crippen LogP contribution in [0.25, 0.3) is 0 Å². The van der Waals surface area contributed by atoms with Crippen molar-refractivity contribution in [3.05, 3.63) is 75.8 Å². The number of hydrogen-bond donors (Lipinski definition) is 0. The molecule has 0 aromatic heterocycles. The molecule has 0 saturated heterocycles. The maximum atomic E-state index is 12.7. The molecule has 0 unspecified atom stereocenters. The summed E-state index contributed by atoms with van der Waals surface area (Å²) in [5.41, 5.74) is 1.08. The van der Waals surface area contributed by atoms with Gasteiger partial charge in [-0.3, -0.25) is 14.9 Å². The van der Waals surface area contributed by atoms with Gasteiger partial charge in [0.2, 0.25) is 5.78 Å². The predicted molar refractivity (Wildman–Crippen MR) is 84.6 cm³/mol. The summed E-state index contributed by atoms with van der Waals surface area (Å²) in [4.78, 5) is 27.5. The number of ether oxygens (including phenoxy) is 1. The highest BCUT2D eigenvalue weighted by molar-refractivity contribution is 6.02. The maximum Gasteiger partial charge on any atom is 0.269 e. The Kier molecular flexibility index (Phi) is 3.89. The van der Waals surface area contributed by atoms with Gasteiger partial charge >= 0.3 is 0 Å². The first kappa shape index (κ1) is 14.9. The average molecular weight is 310 g/mol. The number of hydrogen-bond acceptors (Lipinski definition) is 5. The van der Waals surface area contributed by atoms with Gasteiger partial charge < -0.3 is 4.74 Å². The molecular weight excluding hydrogens is 296 g/mol. The Labute approximate surface area is 132 Å². The minimum Gasteiger partial charge on any atom is -0.467 e. The van der Waals surface area contributed by atoms with Gasteiger partial charge in [-0.25, -0.2) is 4.99 Å². The van der Waals surface area contributed by atoms with Gasteiger partial charge in [0.15, 0.2) is 12.0 Å². The molecule has 0 aliphatic carbocycles. The second-order valence-electron chi connectivity index (χ2n) is 5.21. The van der Waals surface area contributed by atoms with E-state index in [9.17, 15) is 14.9 Å². The molecule has 6 nitrogen and oxygen atoms in total. The van der Waals surface area contributed by atoms with Crippen molar-refractivity contribution in [1.29, 1.82) is 0 Å². The molecule has 0 saturated carbocycles. The summed E-state index contributed by atoms with van der Waals surface area (Å²) in [5.74, 6) is 0.207. The van der Waals surface area contributed by atoms with Crippen molar-refractivity contribution in [3.63, 3.8) is 0 Å². The van der Waals surface area contributed by atoms with Crippen LogP contribution in [0.3, 0.4) is 0 Å². The van der Waals surface area contributed by atoms with Crippen molar-refractivity contribution in [1.82, 2.24) is 0 Å². The molecule has 0 amide bonds. The van der Waals surface area contributed by atoms with E-state index in [1.807, 2.05) is 6.07 Å². The van der Waals surface area contributed by atoms with Crippen molar-refractivity contribution in [2.45, 2.75) is 19.1 Å². The lowest BCUT2D eigenvalue weighted by Gasteiger charge is -2.16. The van der Waals surface area contributed by atoms with Gasteiger partial charge in [-0.05, 0) is 5.56 Å². The smallest absolute Gasteiger partial charge is 0.269 e. The zero-order valence-electron chi connectivity index (χ0n) is 12.4. The van der Waals surface area contributed by atoms with E-state index in [4.69, 9.17) is 4.74 Å². The number of carbonyl (C=O) groups is 1. The fourth-order valence-electron chi connectivity index (χ4n) is 2.58. The van der Waals surface area contributed by atoms with Crippen LogP contribution in [-0.2, 0) is 4.74 Å². The molecule has 2 aromatic carbocycles. The van der Waals surface area contributed by atoms with Crippen LogP contribution in [0.5, 0.6) is 0 Å². The molecule has 2 aromatic rings. The summed E-state index contributed by atoms with van der Waals surface area (Å²) >= 11 is 0. The number of rotatable bonds is 4. The Morgan fingerprint density at radius 1 is 1.17 bits per heavy atom. The first-order chi connectivity index (χ1) is 11.1. The van der Waals surface area contributed by atoms with Crippen molar-refractivity contribution in [2.75, 3.05) is 0 Å². The van der Waals surface area contributed by atoms with Crippen molar-refractivity contribution < 1.29 is 14.5 Å². The molecule has 1 aliphatic heterocycles. The molecule has 23 heavy (non-hydrogen) atoms. The third kappa shape index (κ3) is 2.96. The lowest BCUT2D eigenvalue weighted by Crippen LogP contribution is -2.27. The van der Waals surface area contributed by atoms with E-state index in [0.717, 1.165) is 0 Å². The summed E-state index contributed by atoms with van der Waals surface area (Å²) in [7, 11) is 0. The first-order valence-electron chi connectivity index (χ1n) is 7.11. The minimum atomic E-state index is -0.806. The summed E-state index contributed by atoms with van der Waals surface area (Å²) in [6, 6.07) is 14.4. The predicted octanol–water partition coefficient (Wildman–Crippen LogP) is 3.34. The SMILES string of the molecule is CC1=N[C@H](c2cccc([N+](=O)[O-])c2)[C@@H](C(=O)c2ccccc2)O1. The fourth-order valence-corrected chi connectivity index (χ4v) is 2.58. The Balaban J connectivity index is 1.95. The number of carbonyl (C=O) groups excluding carboxylic acids is 1. The lowest BCUT2D eigenvalue weighted by atomic mass is 9.95. The number of nitro groups is 1. The molecule has 0 spiro atoms. The average Bonchev–Trinajstić information content (AvgIpc) is 2.97.